The number of carbonyl (C=O) groups excluding carboxylic acids is 2. The van der Waals surface area contributed by atoms with Gasteiger partial charge in [0, 0.05) is 18.1 Å². The van der Waals surface area contributed by atoms with Crippen LogP contribution in [0.25, 0.3) is 0 Å². The summed E-state index contributed by atoms with van der Waals surface area (Å²) in [6.45, 7) is 10.9. The molecule has 0 amide bonds. The van der Waals surface area contributed by atoms with Crippen molar-refractivity contribution >= 4 is 29.0 Å². The van der Waals surface area contributed by atoms with Crippen LogP contribution in [-0.2, 0) is 14.4 Å². The molecule has 0 N–H and O–H groups in total. The van der Waals surface area contributed by atoms with Crippen molar-refractivity contribution in [1.29, 1.82) is 0 Å². The van der Waals surface area contributed by atoms with Gasteiger partial charge in [0.2, 0.25) is 0 Å². The van der Waals surface area contributed by atoms with Gasteiger partial charge in [0.1, 0.15) is 24.1 Å². The molecule has 1 fully saturated rings. The van der Waals surface area contributed by atoms with Crippen molar-refractivity contribution < 1.29 is 14.4 Å². The average molecular weight is 356 g/mol. The lowest BCUT2D eigenvalue weighted by Gasteiger charge is -2.30. The molecule has 0 aromatic heterocycles. The number of rotatable bonds is 10. The zero-order valence-corrected chi connectivity index (χ0v) is 16.7. The van der Waals surface area contributed by atoms with Crippen molar-refractivity contribution in [2.75, 3.05) is 12.4 Å². The third-order valence-electron chi connectivity index (χ3n) is 4.46. The molecular formula is C19H33NO3S. The van der Waals surface area contributed by atoms with Crippen LogP contribution >= 0.6 is 11.8 Å². The molecule has 1 aliphatic rings. The highest BCUT2D eigenvalue weighted by atomic mass is 32.2. The molecule has 1 aliphatic carbocycles. The predicted octanol–water partition coefficient (Wildman–Crippen LogP) is 4.51. The Bertz CT molecular complexity index is 430. The Morgan fingerprint density at radius 1 is 1.21 bits per heavy atom. The van der Waals surface area contributed by atoms with Gasteiger partial charge in [-0.2, -0.15) is 11.8 Å². The molecule has 0 aliphatic heterocycles. The van der Waals surface area contributed by atoms with Gasteiger partial charge in [0.25, 0.3) is 0 Å². The highest BCUT2D eigenvalue weighted by molar-refractivity contribution is 7.99. The number of hydrogen-bond acceptors (Lipinski definition) is 5. The lowest BCUT2D eigenvalue weighted by molar-refractivity contribution is -0.134. The summed E-state index contributed by atoms with van der Waals surface area (Å²) in [7, 11) is 0. The maximum absolute atomic E-state index is 12.6. The first-order chi connectivity index (χ1) is 11.4. The maximum atomic E-state index is 12.6. The normalized spacial score (nSPS) is 23.7. The molecular weight excluding hydrogens is 322 g/mol. The quantitative estimate of drug-likeness (QED) is 0.329. The lowest BCUT2D eigenvalue weighted by Crippen LogP contribution is -2.39. The van der Waals surface area contributed by atoms with E-state index >= 15 is 0 Å². The summed E-state index contributed by atoms with van der Waals surface area (Å²) >= 11 is 1.94. The third kappa shape index (κ3) is 6.23. The number of oxime groups is 1. The van der Waals surface area contributed by atoms with Crippen molar-refractivity contribution in [3.63, 3.8) is 0 Å². The van der Waals surface area contributed by atoms with Gasteiger partial charge in [-0.15, -0.1) is 0 Å². The molecule has 0 spiro atoms. The van der Waals surface area contributed by atoms with Crippen LogP contribution in [0.2, 0.25) is 0 Å². The molecule has 24 heavy (non-hydrogen) atoms. The average Bonchev–Trinajstić information content (AvgIpc) is 2.51. The number of ketones is 2. The molecule has 1 saturated carbocycles. The summed E-state index contributed by atoms with van der Waals surface area (Å²) in [6.07, 6.45) is 3.45. The van der Waals surface area contributed by atoms with Gasteiger partial charge >= 0.3 is 0 Å². The molecule has 1 rings (SSSR count). The van der Waals surface area contributed by atoms with Crippen molar-refractivity contribution in [1.82, 2.24) is 0 Å². The molecule has 5 heteroatoms. The van der Waals surface area contributed by atoms with E-state index in [-0.39, 0.29) is 17.5 Å². The van der Waals surface area contributed by atoms with Crippen LogP contribution < -0.4 is 0 Å². The van der Waals surface area contributed by atoms with Crippen LogP contribution in [0.15, 0.2) is 5.16 Å². The van der Waals surface area contributed by atoms with E-state index in [1.54, 1.807) is 0 Å². The van der Waals surface area contributed by atoms with Crippen LogP contribution in [-0.4, -0.2) is 34.9 Å². The van der Waals surface area contributed by atoms with E-state index in [4.69, 9.17) is 4.84 Å². The van der Waals surface area contributed by atoms with E-state index in [9.17, 15) is 9.59 Å². The Balaban J connectivity index is 2.79. The Kier molecular flexibility index (Phi) is 9.64. The zero-order chi connectivity index (χ0) is 18.1. The molecule has 1 unspecified atom stereocenters. The van der Waals surface area contributed by atoms with E-state index in [0.29, 0.717) is 42.7 Å². The Morgan fingerprint density at radius 2 is 1.83 bits per heavy atom. The van der Waals surface area contributed by atoms with E-state index in [1.165, 1.54) is 0 Å². The molecule has 4 nitrogen and oxygen atoms in total. The number of nitrogens with zero attached hydrogens (tertiary/aromatic N) is 1. The molecule has 138 valence electrons. The van der Waals surface area contributed by atoms with Gasteiger partial charge in [-0.1, -0.05) is 39.3 Å². The fourth-order valence-corrected chi connectivity index (χ4v) is 4.54. The van der Waals surface area contributed by atoms with Crippen LogP contribution in [0.4, 0.5) is 0 Å². The molecule has 0 saturated heterocycles. The maximum Gasteiger partial charge on any atom is 0.149 e. The zero-order valence-electron chi connectivity index (χ0n) is 15.8. The van der Waals surface area contributed by atoms with Crippen molar-refractivity contribution in [2.24, 2.45) is 22.9 Å². The van der Waals surface area contributed by atoms with E-state index < -0.39 is 5.92 Å². The minimum absolute atomic E-state index is 0.0344. The molecule has 0 aromatic rings. The molecule has 0 bridgehead atoms. The lowest BCUT2D eigenvalue weighted by atomic mass is 9.75. The molecule has 0 aromatic carbocycles. The second-order valence-corrected chi connectivity index (χ2v) is 8.38. The fourth-order valence-electron chi connectivity index (χ4n) is 3.32. The van der Waals surface area contributed by atoms with Crippen molar-refractivity contribution in [2.45, 2.75) is 72.0 Å². The van der Waals surface area contributed by atoms with Gasteiger partial charge in [-0.3, -0.25) is 9.59 Å². The Labute approximate surface area is 151 Å². The van der Waals surface area contributed by atoms with Gasteiger partial charge in [0.15, 0.2) is 0 Å². The number of thioether (sulfide) groups is 1. The molecule has 0 radical (unpaired) electrons. The SMILES string of the molecule is CCCC(=NOCC)C1C(=O)CC(CC(SCC)C(C)C)CC1=O. The summed E-state index contributed by atoms with van der Waals surface area (Å²) in [4.78, 5) is 30.4. The fraction of sp³-hybridized carbons (Fsp3) is 0.842. The highest BCUT2D eigenvalue weighted by Gasteiger charge is 2.39. The van der Waals surface area contributed by atoms with Gasteiger partial charge in [-0.25, -0.2) is 0 Å². The Hall–Kier alpha value is -0.840. The minimum atomic E-state index is -0.663. The first kappa shape index (κ1) is 21.2. The number of carbonyl (C=O) groups is 2. The van der Waals surface area contributed by atoms with Crippen LogP contribution in [0.1, 0.15) is 66.7 Å². The molecule has 1 atom stereocenters. The number of hydrogen-bond donors (Lipinski definition) is 0. The van der Waals surface area contributed by atoms with Gasteiger partial charge in [0.05, 0.1) is 5.71 Å². The Morgan fingerprint density at radius 3 is 2.29 bits per heavy atom. The van der Waals surface area contributed by atoms with Crippen molar-refractivity contribution in [3.8, 4) is 0 Å². The topological polar surface area (TPSA) is 55.7 Å². The summed E-state index contributed by atoms with van der Waals surface area (Å²) in [5.74, 6) is 1.22. The summed E-state index contributed by atoms with van der Waals surface area (Å²) in [6, 6.07) is 0. The monoisotopic (exact) mass is 355 g/mol. The number of Topliss-reactive ketones (excluding diaryl/α,β-unsaturated/α-hetero) is 2. The summed E-state index contributed by atoms with van der Waals surface area (Å²) < 4.78 is 0. The standard InChI is InChI=1S/C19H33NO3S/c1-6-9-15(20-23-7-2)19-16(21)10-14(11-17(19)22)12-18(13(4)5)24-8-3/h13-14,18-19H,6-12H2,1-5H3. The first-order valence-electron chi connectivity index (χ1n) is 9.30. The van der Waals surface area contributed by atoms with Crippen molar-refractivity contribution in [3.05, 3.63) is 0 Å². The second-order valence-electron chi connectivity index (χ2n) is 6.86. The van der Waals surface area contributed by atoms with Crippen LogP contribution in [0.3, 0.4) is 0 Å². The van der Waals surface area contributed by atoms with E-state index in [1.807, 2.05) is 25.6 Å². The third-order valence-corrected chi connectivity index (χ3v) is 5.96. The predicted molar refractivity (Wildman–Crippen MR) is 102 cm³/mol. The second kappa shape index (κ2) is 10.9. The van der Waals surface area contributed by atoms with Gasteiger partial charge in [-0.05, 0) is 37.4 Å². The van der Waals surface area contributed by atoms with E-state index in [2.05, 4.69) is 25.9 Å². The van der Waals surface area contributed by atoms with E-state index in [0.717, 1.165) is 18.6 Å². The first-order valence-corrected chi connectivity index (χ1v) is 10.3. The highest BCUT2D eigenvalue weighted by Crippen LogP contribution is 2.34. The molecule has 0 heterocycles. The minimum Gasteiger partial charge on any atom is -0.396 e. The summed E-state index contributed by atoms with van der Waals surface area (Å²) in [5, 5.41) is 4.59. The largest absolute Gasteiger partial charge is 0.396 e. The smallest absolute Gasteiger partial charge is 0.149 e. The van der Waals surface area contributed by atoms with Crippen LogP contribution in [0.5, 0.6) is 0 Å². The summed E-state index contributed by atoms with van der Waals surface area (Å²) in [5.41, 5.74) is 0.621. The van der Waals surface area contributed by atoms with Gasteiger partial charge < -0.3 is 4.84 Å². The van der Waals surface area contributed by atoms with Crippen LogP contribution in [0, 0.1) is 17.8 Å².